The number of carbonyl (C=O) groups is 2. The van der Waals surface area contributed by atoms with Gasteiger partial charge in [0, 0.05) is 0 Å². The third-order valence-electron chi connectivity index (χ3n) is 5.04. The fraction of sp³-hybridized carbons (Fsp3) is 0.333. The summed E-state index contributed by atoms with van der Waals surface area (Å²) in [5.41, 5.74) is 5.13. The molecular weight excluding hydrogens is 326 g/mol. The molecule has 2 aromatic carbocycles. The standard InChI is InChI=1S/C21H25N3O2/c1-13-9-10-17(11-14(13)2)15(3)22-20(25)12-24-16(4)21(26)23-18-7-5-6-8-19(18)24/h5-11,15-16H,12H2,1-4H3,(H,22,25)(H,23,26)/t15-,16-/m1/s1. The number of benzene rings is 2. The highest BCUT2D eigenvalue weighted by Crippen LogP contribution is 2.31. The number of nitrogens with one attached hydrogen (secondary N) is 2. The molecule has 0 aliphatic carbocycles. The Bertz CT molecular complexity index is 847. The zero-order chi connectivity index (χ0) is 18.8. The van der Waals surface area contributed by atoms with E-state index in [1.807, 2.05) is 49.1 Å². The first kappa shape index (κ1) is 18.0. The lowest BCUT2D eigenvalue weighted by Crippen LogP contribution is -2.50. The van der Waals surface area contributed by atoms with E-state index in [1.165, 1.54) is 11.1 Å². The molecule has 2 amide bonds. The normalized spacial score (nSPS) is 17.3. The van der Waals surface area contributed by atoms with E-state index in [2.05, 4.69) is 36.6 Å². The molecule has 2 atom stereocenters. The van der Waals surface area contributed by atoms with Crippen molar-refractivity contribution in [2.24, 2.45) is 0 Å². The second kappa shape index (κ2) is 7.20. The molecule has 0 radical (unpaired) electrons. The van der Waals surface area contributed by atoms with Gasteiger partial charge >= 0.3 is 0 Å². The van der Waals surface area contributed by atoms with Crippen LogP contribution < -0.4 is 15.5 Å². The van der Waals surface area contributed by atoms with Crippen LogP contribution in [0.5, 0.6) is 0 Å². The van der Waals surface area contributed by atoms with E-state index in [0.717, 1.165) is 16.9 Å². The Balaban J connectivity index is 1.73. The minimum atomic E-state index is -0.396. The molecule has 0 saturated carbocycles. The molecule has 0 aromatic heterocycles. The van der Waals surface area contributed by atoms with Crippen LogP contribution >= 0.6 is 0 Å². The van der Waals surface area contributed by atoms with Crippen LogP contribution in [-0.2, 0) is 9.59 Å². The van der Waals surface area contributed by atoms with Gasteiger partial charge in [0.25, 0.3) is 0 Å². The van der Waals surface area contributed by atoms with Gasteiger partial charge < -0.3 is 15.5 Å². The summed E-state index contributed by atoms with van der Waals surface area (Å²) in [6.07, 6.45) is 0. The molecule has 2 aromatic rings. The van der Waals surface area contributed by atoms with Crippen molar-refractivity contribution in [3.63, 3.8) is 0 Å². The number of rotatable bonds is 4. The number of para-hydroxylation sites is 2. The van der Waals surface area contributed by atoms with Crippen molar-refractivity contribution in [3.05, 3.63) is 59.2 Å². The van der Waals surface area contributed by atoms with Gasteiger partial charge in [-0.2, -0.15) is 0 Å². The Kier molecular flexibility index (Phi) is 4.98. The van der Waals surface area contributed by atoms with Gasteiger partial charge in [-0.3, -0.25) is 9.59 Å². The predicted molar refractivity (Wildman–Crippen MR) is 104 cm³/mol. The van der Waals surface area contributed by atoms with Gasteiger partial charge in [-0.15, -0.1) is 0 Å². The topological polar surface area (TPSA) is 61.4 Å². The van der Waals surface area contributed by atoms with Crippen LogP contribution in [0.1, 0.15) is 36.6 Å². The summed E-state index contributed by atoms with van der Waals surface area (Å²) < 4.78 is 0. The van der Waals surface area contributed by atoms with E-state index in [-0.39, 0.29) is 24.4 Å². The van der Waals surface area contributed by atoms with E-state index in [4.69, 9.17) is 0 Å². The summed E-state index contributed by atoms with van der Waals surface area (Å²) in [6, 6.07) is 13.3. The maximum atomic E-state index is 12.6. The lowest BCUT2D eigenvalue weighted by Gasteiger charge is -2.35. The summed E-state index contributed by atoms with van der Waals surface area (Å²) in [7, 11) is 0. The van der Waals surface area contributed by atoms with Gasteiger partial charge in [-0.1, -0.05) is 30.3 Å². The van der Waals surface area contributed by atoms with Crippen molar-refractivity contribution < 1.29 is 9.59 Å². The second-order valence-electron chi connectivity index (χ2n) is 6.94. The van der Waals surface area contributed by atoms with Crippen LogP contribution in [0, 0.1) is 13.8 Å². The molecule has 1 aliphatic heterocycles. The van der Waals surface area contributed by atoms with E-state index in [1.54, 1.807) is 0 Å². The van der Waals surface area contributed by atoms with Gasteiger partial charge in [0.05, 0.1) is 24.0 Å². The quantitative estimate of drug-likeness (QED) is 0.888. The van der Waals surface area contributed by atoms with E-state index in [9.17, 15) is 9.59 Å². The molecule has 3 rings (SSSR count). The van der Waals surface area contributed by atoms with Crippen molar-refractivity contribution in [1.82, 2.24) is 5.32 Å². The molecule has 0 spiro atoms. The lowest BCUT2D eigenvalue weighted by molar-refractivity contribution is -0.120. The third-order valence-corrected chi connectivity index (χ3v) is 5.04. The van der Waals surface area contributed by atoms with E-state index < -0.39 is 6.04 Å². The van der Waals surface area contributed by atoms with Gasteiger partial charge in [0.1, 0.15) is 6.04 Å². The molecular formula is C21H25N3O2. The van der Waals surface area contributed by atoms with Crippen molar-refractivity contribution in [2.45, 2.75) is 39.8 Å². The Morgan fingerprint density at radius 2 is 1.92 bits per heavy atom. The van der Waals surface area contributed by atoms with Crippen LogP contribution in [0.2, 0.25) is 0 Å². The fourth-order valence-electron chi connectivity index (χ4n) is 3.20. The molecule has 5 heteroatoms. The highest BCUT2D eigenvalue weighted by atomic mass is 16.2. The molecule has 2 N–H and O–H groups in total. The third kappa shape index (κ3) is 3.57. The van der Waals surface area contributed by atoms with Crippen molar-refractivity contribution in [2.75, 3.05) is 16.8 Å². The number of fused-ring (bicyclic) bond motifs is 1. The molecule has 0 saturated heterocycles. The highest BCUT2D eigenvalue weighted by molar-refractivity contribution is 6.04. The number of carbonyl (C=O) groups excluding carboxylic acids is 2. The zero-order valence-electron chi connectivity index (χ0n) is 15.7. The Hall–Kier alpha value is -2.82. The monoisotopic (exact) mass is 351 g/mol. The Morgan fingerprint density at radius 1 is 1.19 bits per heavy atom. The molecule has 0 bridgehead atoms. The van der Waals surface area contributed by atoms with Crippen LogP contribution in [-0.4, -0.2) is 24.4 Å². The SMILES string of the molecule is Cc1ccc([C@@H](C)NC(=O)CN2c3ccccc3NC(=O)[C@H]2C)cc1C. The van der Waals surface area contributed by atoms with Crippen molar-refractivity contribution >= 4 is 23.2 Å². The molecule has 136 valence electrons. The number of hydrogen-bond acceptors (Lipinski definition) is 3. The smallest absolute Gasteiger partial charge is 0.246 e. The van der Waals surface area contributed by atoms with Crippen LogP contribution in [0.3, 0.4) is 0 Å². The number of hydrogen-bond donors (Lipinski definition) is 2. The minimum Gasteiger partial charge on any atom is -0.349 e. The number of amides is 2. The molecule has 0 unspecified atom stereocenters. The highest BCUT2D eigenvalue weighted by Gasteiger charge is 2.30. The average Bonchev–Trinajstić information content (AvgIpc) is 2.61. The number of anilines is 2. The predicted octanol–water partition coefficient (Wildman–Crippen LogP) is 3.33. The Labute approximate surface area is 154 Å². The van der Waals surface area contributed by atoms with Gasteiger partial charge in [0.15, 0.2) is 0 Å². The van der Waals surface area contributed by atoms with Gasteiger partial charge in [-0.25, -0.2) is 0 Å². The van der Waals surface area contributed by atoms with Crippen LogP contribution in [0.15, 0.2) is 42.5 Å². The lowest BCUT2D eigenvalue weighted by atomic mass is 10.0. The second-order valence-corrected chi connectivity index (χ2v) is 6.94. The van der Waals surface area contributed by atoms with E-state index >= 15 is 0 Å². The maximum Gasteiger partial charge on any atom is 0.246 e. The Morgan fingerprint density at radius 3 is 2.65 bits per heavy atom. The maximum absolute atomic E-state index is 12.6. The summed E-state index contributed by atoms with van der Waals surface area (Å²) >= 11 is 0. The molecule has 5 nitrogen and oxygen atoms in total. The molecule has 1 heterocycles. The van der Waals surface area contributed by atoms with Crippen molar-refractivity contribution in [3.8, 4) is 0 Å². The van der Waals surface area contributed by atoms with Gasteiger partial charge in [-0.05, 0) is 56.5 Å². The summed E-state index contributed by atoms with van der Waals surface area (Å²) in [4.78, 5) is 26.6. The van der Waals surface area contributed by atoms with Crippen LogP contribution in [0.4, 0.5) is 11.4 Å². The number of nitrogens with zero attached hydrogens (tertiary/aromatic N) is 1. The molecule has 26 heavy (non-hydrogen) atoms. The molecule has 0 fully saturated rings. The van der Waals surface area contributed by atoms with Crippen LogP contribution in [0.25, 0.3) is 0 Å². The van der Waals surface area contributed by atoms with E-state index in [0.29, 0.717) is 0 Å². The summed E-state index contributed by atoms with van der Waals surface area (Å²) in [5, 5.41) is 5.92. The van der Waals surface area contributed by atoms with Gasteiger partial charge in [0.2, 0.25) is 11.8 Å². The fourth-order valence-corrected chi connectivity index (χ4v) is 3.20. The summed E-state index contributed by atoms with van der Waals surface area (Å²) in [5.74, 6) is -0.203. The average molecular weight is 351 g/mol. The minimum absolute atomic E-state index is 0.0917. The first-order valence-corrected chi connectivity index (χ1v) is 8.90. The first-order chi connectivity index (χ1) is 12.4. The van der Waals surface area contributed by atoms with Crippen molar-refractivity contribution in [1.29, 1.82) is 0 Å². The zero-order valence-corrected chi connectivity index (χ0v) is 15.7. The summed E-state index contributed by atoms with van der Waals surface area (Å²) in [6.45, 7) is 8.06. The first-order valence-electron chi connectivity index (χ1n) is 8.90. The largest absolute Gasteiger partial charge is 0.349 e. The molecule has 1 aliphatic rings. The number of aryl methyl sites for hydroxylation is 2.